The molecule has 66 valence electrons. The smallest absolute Gasteiger partial charge is 0.0395 e. The van der Waals surface area contributed by atoms with E-state index in [1.54, 1.807) is 0 Å². The minimum absolute atomic E-state index is 1.07. The fraction of sp³-hybridized carbons (Fsp3) is 0.455. The van der Waals surface area contributed by atoms with E-state index in [4.69, 9.17) is 0 Å². The molecule has 0 amide bonds. The van der Waals surface area contributed by atoms with Crippen LogP contribution < -0.4 is 4.90 Å². The molecule has 0 fully saturated rings. The Kier molecular flexibility index (Phi) is 3.15. The zero-order valence-electron chi connectivity index (χ0n) is 8.17. The van der Waals surface area contributed by atoms with E-state index in [0.717, 1.165) is 13.0 Å². The van der Waals surface area contributed by atoms with Gasteiger partial charge in [0.25, 0.3) is 0 Å². The molecular formula is C11H17N. The average molecular weight is 163 g/mol. The molecule has 0 atom stereocenters. The maximum atomic E-state index is 2.28. The standard InChI is InChI=1S/C11H17N/c1-4-10-8-6-7-9-11(10)12(3)5-2/h6-9H,4-5H2,1-3H3. The van der Waals surface area contributed by atoms with Crippen LogP contribution in [0.3, 0.4) is 0 Å². The van der Waals surface area contributed by atoms with Crippen molar-refractivity contribution in [1.82, 2.24) is 0 Å². The van der Waals surface area contributed by atoms with Gasteiger partial charge in [0.15, 0.2) is 0 Å². The van der Waals surface area contributed by atoms with E-state index in [2.05, 4.69) is 50.1 Å². The Labute approximate surface area is 75.0 Å². The first-order valence-electron chi connectivity index (χ1n) is 4.58. The molecule has 1 rings (SSSR count). The quantitative estimate of drug-likeness (QED) is 0.662. The maximum Gasteiger partial charge on any atom is 0.0395 e. The highest BCUT2D eigenvalue weighted by Gasteiger charge is 2.01. The van der Waals surface area contributed by atoms with E-state index in [0.29, 0.717) is 0 Å². The highest BCUT2D eigenvalue weighted by atomic mass is 15.1. The monoisotopic (exact) mass is 163 g/mol. The predicted molar refractivity (Wildman–Crippen MR) is 54.8 cm³/mol. The maximum absolute atomic E-state index is 2.28. The third-order valence-corrected chi connectivity index (χ3v) is 2.26. The number of hydrogen-bond acceptors (Lipinski definition) is 1. The van der Waals surface area contributed by atoms with E-state index >= 15 is 0 Å². The Hall–Kier alpha value is -0.980. The molecule has 0 aliphatic carbocycles. The van der Waals surface area contributed by atoms with Crippen molar-refractivity contribution < 1.29 is 0 Å². The number of hydrogen-bond donors (Lipinski definition) is 0. The highest BCUT2D eigenvalue weighted by Crippen LogP contribution is 2.18. The van der Waals surface area contributed by atoms with Crippen molar-refractivity contribution >= 4 is 5.69 Å². The Morgan fingerprint density at radius 2 is 1.83 bits per heavy atom. The Morgan fingerprint density at radius 1 is 1.17 bits per heavy atom. The summed E-state index contributed by atoms with van der Waals surface area (Å²) in [6.07, 6.45) is 1.11. The Morgan fingerprint density at radius 3 is 2.42 bits per heavy atom. The van der Waals surface area contributed by atoms with Gasteiger partial charge in [0.1, 0.15) is 0 Å². The Balaban J connectivity index is 2.96. The number of nitrogens with zero attached hydrogens (tertiary/aromatic N) is 1. The van der Waals surface area contributed by atoms with Crippen LogP contribution in [0.1, 0.15) is 19.4 Å². The van der Waals surface area contributed by atoms with Gasteiger partial charge >= 0.3 is 0 Å². The molecule has 0 spiro atoms. The summed E-state index contributed by atoms with van der Waals surface area (Å²) < 4.78 is 0. The molecular weight excluding hydrogens is 146 g/mol. The lowest BCUT2D eigenvalue weighted by Crippen LogP contribution is -2.17. The molecule has 0 unspecified atom stereocenters. The summed E-state index contributed by atoms with van der Waals surface area (Å²) in [6.45, 7) is 5.44. The van der Waals surface area contributed by atoms with E-state index in [1.807, 2.05) is 0 Å². The lowest BCUT2D eigenvalue weighted by Gasteiger charge is -2.19. The average Bonchev–Trinajstić information content (AvgIpc) is 2.16. The predicted octanol–water partition coefficient (Wildman–Crippen LogP) is 2.71. The van der Waals surface area contributed by atoms with Crippen LogP contribution in [0.25, 0.3) is 0 Å². The van der Waals surface area contributed by atoms with Gasteiger partial charge in [-0.3, -0.25) is 0 Å². The van der Waals surface area contributed by atoms with Crippen molar-refractivity contribution in [3.63, 3.8) is 0 Å². The minimum atomic E-state index is 1.07. The third-order valence-electron chi connectivity index (χ3n) is 2.26. The molecule has 0 aliphatic rings. The van der Waals surface area contributed by atoms with Crippen LogP contribution in [0, 0.1) is 0 Å². The molecule has 12 heavy (non-hydrogen) atoms. The topological polar surface area (TPSA) is 3.24 Å². The summed E-state index contributed by atoms with van der Waals surface area (Å²) in [5.74, 6) is 0. The second-order valence-electron chi connectivity index (χ2n) is 3.00. The lowest BCUT2D eigenvalue weighted by atomic mass is 10.1. The number of aryl methyl sites for hydroxylation is 1. The molecule has 0 saturated carbocycles. The molecule has 0 aromatic heterocycles. The second kappa shape index (κ2) is 4.15. The van der Waals surface area contributed by atoms with Gasteiger partial charge in [0, 0.05) is 19.3 Å². The number of benzene rings is 1. The van der Waals surface area contributed by atoms with Gasteiger partial charge in [-0.25, -0.2) is 0 Å². The van der Waals surface area contributed by atoms with Gasteiger partial charge < -0.3 is 4.90 Å². The fourth-order valence-corrected chi connectivity index (χ4v) is 1.35. The number of anilines is 1. The molecule has 1 aromatic rings. The molecule has 0 heterocycles. The molecule has 1 aromatic carbocycles. The van der Waals surface area contributed by atoms with Crippen LogP contribution >= 0.6 is 0 Å². The van der Waals surface area contributed by atoms with Gasteiger partial charge in [-0.2, -0.15) is 0 Å². The third kappa shape index (κ3) is 1.79. The zero-order chi connectivity index (χ0) is 8.97. The summed E-state index contributed by atoms with van der Waals surface area (Å²) >= 11 is 0. The van der Waals surface area contributed by atoms with Crippen molar-refractivity contribution in [2.24, 2.45) is 0 Å². The fourth-order valence-electron chi connectivity index (χ4n) is 1.35. The van der Waals surface area contributed by atoms with Crippen molar-refractivity contribution in [1.29, 1.82) is 0 Å². The second-order valence-corrected chi connectivity index (χ2v) is 3.00. The molecule has 1 nitrogen and oxygen atoms in total. The molecule has 0 saturated heterocycles. The molecule has 1 heteroatoms. The van der Waals surface area contributed by atoms with Crippen molar-refractivity contribution in [2.45, 2.75) is 20.3 Å². The van der Waals surface area contributed by atoms with Gasteiger partial charge in [-0.1, -0.05) is 25.1 Å². The summed E-state index contributed by atoms with van der Waals surface area (Å²) in [4.78, 5) is 2.28. The van der Waals surface area contributed by atoms with Crippen molar-refractivity contribution in [3.05, 3.63) is 29.8 Å². The molecule has 0 N–H and O–H groups in total. The first kappa shape index (κ1) is 9.11. The first-order chi connectivity index (χ1) is 5.79. The summed E-state index contributed by atoms with van der Waals surface area (Å²) in [6, 6.07) is 8.58. The SMILES string of the molecule is CCc1ccccc1N(C)CC. The Bertz CT molecular complexity index is 243. The summed E-state index contributed by atoms with van der Waals surface area (Å²) in [5.41, 5.74) is 2.80. The number of para-hydroxylation sites is 1. The van der Waals surface area contributed by atoms with Gasteiger partial charge in [0.2, 0.25) is 0 Å². The number of rotatable bonds is 3. The molecule has 0 bridgehead atoms. The minimum Gasteiger partial charge on any atom is -0.375 e. The van der Waals surface area contributed by atoms with Crippen molar-refractivity contribution in [3.8, 4) is 0 Å². The van der Waals surface area contributed by atoms with Crippen LogP contribution in [0.4, 0.5) is 5.69 Å². The van der Waals surface area contributed by atoms with Crippen molar-refractivity contribution in [2.75, 3.05) is 18.5 Å². The van der Waals surface area contributed by atoms with Gasteiger partial charge in [-0.15, -0.1) is 0 Å². The summed E-state index contributed by atoms with van der Waals surface area (Å²) in [7, 11) is 2.13. The van der Waals surface area contributed by atoms with Gasteiger partial charge in [0.05, 0.1) is 0 Å². The lowest BCUT2D eigenvalue weighted by molar-refractivity contribution is 0.948. The molecule has 0 radical (unpaired) electrons. The van der Waals surface area contributed by atoms with E-state index in [9.17, 15) is 0 Å². The van der Waals surface area contributed by atoms with Crippen LogP contribution in [0.5, 0.6) is 0 Å². The summed E-state index contributed by atoms with van der Waals surface area (Å²) in [5, 5.41) is 0. The largest absolute Gasteiger partial charge is 0.375 e. The van der Waals surface area contributed by atoms with E-state index < -0.39 is 0 Å². The van der Waals surface area contributed by atoms with E-state index in [1.165, 1.54) is 11.3 Å². The van der Waals surface area contributed by atoms with Gasteiger partial charge in [-0.05, 0) is 25.0 Å². The highest BCUT2D eigenvalue weighted by molar-refractivity contribution is 5.52. The van der Waals surface area contributed by atoms with Crippen LogP contribution in [0.15, 0.2) is 24.3 Å². The van der Waals surface area contributed by atoms with Crippen LogP contribution in [-0.4, -0.2) is 13.6 Å². The first-order valence-corrected chi connectivity index (χ1v) is 4.58. The van der Waals surface area contributed by atoms with E-state index in [-0.39, 0.29) is 0 Å². The normalized spacial score (nSPS) is 9.92. The van der Waals surface area contributed by atoms with Crippen LogP contribution in [-0.2, 0) is 6.42 Å². The van der Waals surface area contributed by atoms with Crippen LogP contribution in [0.2, 0.25) is 0 Å². The molecule has 0 aliphatic heterocycles. The zero-order valence-corrected chi connectivity index (χ0v) is 8.17.